The fourth-order valence-corrected chi connectivity index (χ4v) is 3.69. The standard InChI is InChI=1S/C18H24N2O3S/c1-5-22-13-9-7-12(8-10-13)15-14(11-20(3)4)24-17(19)16(15)18(21)23-6-2/h7-10H,5-6,11,19H2,1-4H3. The second kappa shape index (κ2) is 8.17. The zero-order chi connectivity index (χ0) is 17.7. The minimum atomic E-state index is -0.375. The van der Waals surface area contributed by atoms with Crippen LogP contribution in [0.15, 0.2) is 24.3 Å². The van der Waals surface area contributed by atoms with Gasteiger partial charge in [0.1, 0.15) is 16.3 Å². The second-order valence-electron chi connectivity index (χ2n) is 5.56. The molecule has 0 spiro atoms. The molecule has 0 saturated heterocycles. The van der Waals surface area contributed by atoms with E-state index in [1.54, 1.807) is 6.92 Å². The number of carbonyl (C=O) groups excluding carboxylic acids is 1. The smallest absolute Gasteiger partial charge is 0.341 e. The number of nitrogen functional groups attached to an aromatic ring is 1. The summed E-state index contributed by atoms with van der Waals surface area (Å²) in [4.78, 5) is 15.5. The summed E-state index contributed by atoms with van der Waals surface area (Å²) in [5.74, 6) is 0.427. The van der Waals surface area contributed by atoms with Gasteiger partial charge in [0, 0.05) is 17.0 Å². The molecule has 130 valence electrons. The average molecular weight is 348 g/mol. The van der Waals surface area contributed by atoms with E-state index in [1.807, 2.05) is 45.3 Å². The highest BCUT2D eigenvalue weighted by atomic mass is 32.1. The third-order valence-electron chi connectivity index (χ3n) is 3.40. The Hall–Kier alpha value is -2.05. The van der Waals surface area contributed by atoms with Crippen molar-refractivity contribution >= 4 is 22.3 Å². The molecule has 0 saturated carbocycles. The lowest BCUT2D eigenvalue weighted by Gasteiger charge is -2.12. The summed E-state index contributed by atoms with van der Waals surface area (Å²) in [6, 6.07) is 7.71. The number of hydrogen-bond donors (Lipinski definition) is 1. The molecule has 6 heteroatoms. The highest BCUT2D eigenvalue weighted by Gasteiger charge is 2.24. The number of anilines is 1. The molecule has 0 bridgehead atoms. The van der Waals surface area contributed by atoms with Gasteiger partial charge in [-0.3, -0.25) is 0 Å². The fraction of sp³-hybridized carbons (Fsp3) is 0.389. The molecule has 0 amide bonds. The lowest BCUT2D eigenvalue weighted by molar-refractivity contribution is 0.0529. The van der Waals surface area contributed by atoms with Crippen molar-refractivity contribution < 1.29 is 14.3 Å². The molecule has 1 aromatic heterocycles. The predicted octanol–water partition coefficient (Wildman–Crippen LogP) is 3.63. The molecule has 0 aliphatic heterocycles. The number of ether oxygens (including phenoxy) is 2. The van der Waals surface area contributed by atoms with E-state index >= 15 is 0 Å². The van der Waals surface area contributed by atoms with E-state index in [-0.39, 0.29) is 5.97 Å². The zero-order valence-electron chi connectivity index (χ0n) is 14.6. The van der Waals surface area contributed by atoms with Crippen molar-refractivity contribution in [2.75, 3.05) is 33.0 Å². The SMILES string of the molecule is CCOC(=O)c1c(N)sc(CN(C)C)c1-c1ccc(OCC)cc1. The van der Waals surface area contributed by atoms with Gasteiger partial charge in [-0.05, 0) is 45.6 Å². The van der Waals surface area contributed by atoms with Crippen molar-refractivity contribution in [2.24, 2.45) is 0 Å². The van der Waals surface area contributed by atoms with Crippen LogP contribution >= 0.6 is 11.3 Å². The summed E-state index contributed by atoms with van der Waals surface area (Å²) in [5, 5.41) is 0.495. The molecule has 5 nitrogen and oxygen atoms in total. The Labute approximate surface area is 147 Å². The fourth-order valence-electron chi connectivity index (χ4n) is 2.49. The van der Waals surface area contributed by atoms with Gasteiger partial charge in [0.2, 0.25) is 0 Å². The van der Waals surface area contributed by atoms with Crippen LogP contribution in [0.25, 0.3) is 11.1 Å². The van der Waals surface area contributed by atoms with Gasteiger partial charge in [-0.2, -0.15) is 0 Å². The van der Waals surface area contributed by atoms with Gasteiger partial charge < -0.3 is 20.1 Å². The molecule has 0 unspecified atom stereocenters. The summed E-state index contributed by atoms with van der Waals surface area (Å²) in [6.45, 7) is 5.38. The highest BCUT2D eigenvalue weighted by molar-refractivity contribution is 7.17. The van der Waals surface area contributed by atoms with E-state index in [1.165, 1.54) is 11.3 Å². The van der Waals surface area contributed by atoms with Gasteiger partial charge in [0.25, 0.3) is 0 Å². The van der Waals surface area contributed by atoms with Crippen LogP contribution in [0.3, 0.4) is 0 Å². The maximum Gasteiger partial charge on any atom is 0.341 e. The van der Waals surface area contributed by atoms with E-state index in [0.29, 0.717) is 30.3 Å². The second-order valence-corrected chi connectivity index (χ2v) is 6.69. The van der Waals surface area contributed by atoms with E-state index in [9.17, 15) is 4.79 Å². The van der Waals surface area contributed by atoms with E-state index in [0.717, 1.165) is 21.8 Å². The lowest BCUT2D eigenvalue weighted by Crippen LogP contribution is -2.11. The van der Waals surface area contributed by atoms with Crippen LogP contribution in [-0.2, 0) is 11.3 Å². The Bertz CT molecular complexity index is 693. The Kier molecular flexibility index (Phi) is 6.23. The Morgan fingerprint density at radius 3 is 2.38 bits per heavy atom. The third-order valence-corrected chi connectivity index (χ3v) is 4.41. The van der Waals surface area contributed by atoms with E-state index < -0.39 is 0 Å². The topological polar surface area (TPSA) is 64.8 Å². The minimum absolute atomic E-state index is 0.319. The summed E-state index contributed by atoms with van der Waals surface area (Å²) in [5.41, 5.74) is 8.39. The van der Waals surface area contributed by atoms with Crippen LogP contribution in [0.1, 0.15) is 29.1 Å². The molecule has 0 atom stereocenters. The third kappa shape index (κ3) is 4.07. The zero-order valence-corrected chi connectivity index (χ0v) is 15.4. The Balaban J connectivity index is 2.53. The monoisotopic (exact) mass is 348 g/mol. The molecule has 2 rings (SSSR count). The number of rotatable bonds is 7. The average Bonchev–Trinajstić information content (AvgIpc) is 2.84. The van der Waals surface area contributed by atoms with Crippen LogP contribution in [-0.4, -0.2) is 38.2 Å². The van der Waals surface area contributed by atoms with Crippen molar-refractivity contribution in [1.29, 1.82) is 0 Å². The Morgan fingerprint density at radius 2 is 1.83 bits per heavy atom. The van der Waals surface area contributed by atoms with E-state index in [2.05, 4.69) is 4.90 Å². The number of nitrogens with zero attached hydrogens (tertiary/aromatic N) is 1. The molecule has 1 heterocycles. The van der Waals surface area contributed by atoms with Crippen LogP contribution in [0.4, 0.5) is 5.00 Å². The molecule has 0 radical (unpaired) electrons. The molecule has 2 N–H and O–H groups in total. The lowest BCUT2D eigenvalue weighted by atomic mass is 10.0. The number of hydrogen-bond acceptors (Lipinski definition) is 6. The highest BCUT2D eigenvalue weighted by Crippen LogP contribution is 2.40. The first-order valence-corrected chi connectivity index (χ1v) is 8.75. The first-order chi connectivity index (χ1) is 11.5. The molecule has 2 aromatic rings. The Morgan fingerprint density at radius 1 is 1.17 bits per heavy atom. The molecule has 0 aliphatic carbocycles. The molecular weight excluding hydrogens is 324 g/mol. The summed E-state index contributed by atoms with van der Waals surface area (Å²) in [7, 11) is 3.98. The number of thiophene rings is 1. The van der Waals surface area contributed by atoms with Gasteiger partial charge in [-0.1, -0.05) is 12.1 Å². The van der Waals surface area contributed by atoms with Crippen molar-refractivity contribution in [3.8, 4) is 16.9 Å². The van der Waals surface area contributed by atoms with Gasteiger partial charge in [0.15, 0.2) is 0 Å². The van der Waals surface area contributed by atoms with E-state index in [4.69, 9.17) is 15.2 Å². The number of carbonyl (C=O) groups is 1. The number of nitrogens with two attached hydrogens (primary N) is 1. The largest absolute Gasteiger partial charge is 0.494 e. The van der Waals surface area contributed by atoms with Gasteiger partial charge in [-0.25, -0.2) is 4.79 Å². The van der Waals surface area contributed by atoms with Crippen LogP contribution < -0.4 is 10.5 Å². The predicted molar refractivity (Wildman–Crippen MR) is 98.7 cm³/mol. The van der Waals surface area contributed by atoms with Gasteiger partial charge >= 0.3 is 5.97 Å². The van der Waals surface area contributed by atoms with Crippen molar-refractivity contribution in [2.45, 2.75) is 20.4 Å². The minimum Gasteiger partial charge on any atom is -0.494 e. The normalized spacial score (nSPS) is 10.9. The van der Waals surface area contributed by atoms with Gasteiger partial charge in [0.05, 0.1) is 13.2 Å². The first kappa shape index (κ1) is 18.3. The van der Waals surface area contributed by atoms with Gasteiger partial charge in [-0.15, -0.1) is 11.3 Å². The molecular formula is C18H24N2O3S. The molecule has 1 aromatic carbocycles. The summed E-state index contributed by atoms with van der Waals surface area (Å²) >= 11 is 1.44. The van der Waals surface area contributed by atoms with Crippen molar-refractivity contribution in [3.05, 3.63) is 34.7 Å². The van der Waals surface area contributed by atoms with Crippen LogP contribution in [0.2, 0.25) is 0 Å². The number of esters is 1. The molecule has 0 fully saturated rings. The van der Waals surface area contributed by atoms with Crippen molar-refractivity contribution in [3.63, 3.8) is 0 Å². The van der Waals surface area contributed by atoms with Crippen LogP contribution in [0.5, 0.6) is 5.75 Å². The number of benzene rings is 1. The maximum absolute atomic E-state index is 12.4. The summed E-state index contributed by atoms with van der Waals surface area (Å²) < 4.78 is 10.7. The van der Waals surface area contributed by atoms with Crippen molar-refractivity contribution in [1.82, 2.24) is 4.90 Å². The first-order valence-electron chi connectivity index (χ1n) is 7.94. The molecule has 0 aliphatic rings. The van der Waals surface area contributed by atoms with Crippen LogP contribution in [0, 0.1) is 0 Å². The maximum atomic E-state index is 12.4. The molecule has 24 heavy (non-hydrogen) atoms. The summed E-state index contributed by atoms with van der Waals surface area (Å²) in [6.07, 6.45) is 0. The quantitative estimate of drug-likeness (QED) is 0.774.